The molecule has 0 unspecified atom stereocenters. The van der Waals surface area contributed by atoms with Crippen molar-refractivity contribution in [3.8, 4) is 5.82 Å². The minimum absolute atomic E-state index is 0.124. The van der Waals surface area contributed by atoms with Gasteiger partial charge in [-0.1, -0.05) is 0 Å². The maximum Gasteiger partial charge on any atom is 0.254 e. The van der Waals surface area contributed by atoms with E-state index in [0.717, 1.165) is 25.7 Å². The van der Waals surface area contributed by atoms with Crippen LogP contribution in [0.4, 0.5) is 10.1 Å². The Labute approximate surface area is 187 Å². The number of hydrogen-bond acceptors (Lipinski definition) is 5. The second-order valence-corrected chi connectivity index (χ2v) is 8.92. The van der Waals surface area contributed by atoms with Crippen LogP contribution < -0.4 is 10.6 Å². The van der Waals surface area contributed by atoms with Gasteiger partial charge in [-0.25, -0.2) is 14.4 Å². The summed E-state index contributed by atoms with van der Waals surface area (Å²) < 4.78 is 15.3. The second-order valence-electron chi connectivity index (χ2n) is 8.92. The lowest BCUT2D eigenvalue weighted by atomic mass is 9.82. The first kappa shape index (κ1) is 22.2. The van der Waals surface area contributed by atoms with E-state index in [9.17, 15) is 14.3 Å². The third kappa shape index (κ3) is 4.91. The Balaban J connectivity index is 1.53. The van der Waals surface area contributed by atoms with Crippen molar-refractivity contribution in [3.63, 3.8) is 0 Å². The van der Waals surface area contributed by atoms with E-state index in [2.05, 4.69) is 20.6 Å². The van der Waals surface area contributed by atoms with Crippen molar-refractivity contribution in [3.05, 3.63) is 48.2 Å². The van der Waals surface area contributed by atoms with Crippen LogP contribution in [-0.2, 0) is 0 Å². The van der Waals surface area contributed by atoms with Crippen LogP contribution in [0, 0.1) is 17.7 Å². The highest BCUT2D eigenvalue weighted by atomic mass is 19.1. The highest BCUT2D eigenvalue weighted by molar-refractivity contribution is 5.99. The number of hydrogen-bond donors (Lipinski definition) is 3. The molecule has 1 fully saturated rings. The molecule has 1 amide bonds. The predicted molar refractivity (Wildman–Crippen MR) is 122 cm³/mol. The van der Waals surface area contributed by atoms with Crippen molar-refractivity contribution in [2.75, 3.05) is 18.5 Å². The Morgan fingerprint density at radius 2 is 1.94 bits per heavy atom. The molecular formula is C24H30FN5O2. The summed E-state index contributed by atoms with van der Waals surface area (Å²) >= 11 is 0. The Morgan fingerprint density at radius 1 is 1.19 bits per heavy atom. The fourth-order valence-corrected chi connectivity index (χ4v) is 4.32. The molecule has 0 radical (unpaired) electrons. The fraction of sp³-hybridized carbons (Fsp3) is 0.458. The molecule has 170 valence electrons. The van der Waals surface area contributed by atoms with E-state index >= 15 is 0 Å². The van der Waals surface area contributed by atoms with Gasteiger partial charge in [-0.05, 0) is 63.5 Å². The van der Waals surface area contributed by atoms with Crippen molar-refractivity contribution < 1.29 is 14.3 Å². The van der Waals surface area contributed by atoms with Crippen LogP contribution in [0.2, 0.25) is 0 Å². The van der Waals surface area contributed by atoms with Gasteiger partial charge in [-0.3, -0.25) is 9.36 Å². The van der Waals surface area contributed by atoms with Crippen molar-refractivity contribution in [1.29, 1.82) is 0 Å². The summed E-state index contributed by atoms with van der Waals surface area (Å²) in [4.78, 5) is 21.7. The third-order valence-corrected chi connectivity index (χ3v) is 6.09. The Kier molecular flexibility index (Phi) is 6.69. The topological polar surface area (TPSA) is 92.1 Å². The summed E-state index contributed by atoms with van der Waals surface area (Å²) in [5.41, 5.74) is 1.78. The van der Waals surface area contributed by atoms with Gasteiger partial charge < -0.3 is 15.7 Å². The largest absolute Gasteiger partial charge is 0.396 e. The van der Waals surface area contributed by atoms with Crippen molar-refractivity contribution in [2.24, 2.45) is 11.8 Å². The summed E-state index contributed by atoms with van der Waals surface area (Å²) in [6.45, 7) is 4.90. The van der Waals surface area contributed by atoms with Crippen LogP contribution in [-0.4, -0.2) is 44.7 Å². The molecule has 3 N–H and O–H groups in total. The lowest BCUT2D eigenvalue weighted by Gasteiger charge is -2.27. The highest BCUT2D eigenvalue weighted by Crippen LogP contribution is 2.28. The quantitative estimate of drug-likeness (QED) is 0.519. The van der Waals surface area contributed by atoms with Crippen molar-refractivity contribution in [2.45, 2.75) is 45.6 Å². The summed E-state index contributed by atoms with van der Waals surface area (Å²) in [5.74, 6) is 0.891. The Bertz CT molecular complexity index is 1090. The van der Waals surface area contributed by atoms with Gasteiger partial charge in [-0.15, -0.1) is 0 Å². The molecule has 0 bridgehead atoms. The average Bonchev–Trinajstić information content (AvgIpc) is 3.20. The van der Waals surface area contributed by atoms with Crippen LogP contribution in [0.25, 0.3) is 16.9 Å². The summed E-state index contributed by atoms with van der Waals surface area (Å²) in [6.07, 6.45) is 8.62. The van der Waals surface area contributed by atoms with E-state index in [0.29, 0.717) is 46.5 Å². The molecule has 1 aliphatic carbocycles. The minimum Gasteiger partial charge on any atom is -0.396 e. The summed E-state index contributed by atoms with van der Waals surface area (Å²) in [6, 6.07) is 5.17. The van der Waals surface area contributed by atoms with Crippen molar-refractivity contribution >= 4 is 22.6 Å². The highest BCUT2D eigenvalue weighted by Gasteiger charge is 2.22. The van der Waals surface area contributed by atoms with Gasteiger partial charge in [-0.2, -0.15) is 0 Å². The third-order valence-electron chi connectivity index (χ3n) is 6.09. The number of rotatable bonds is 7. The zero-order chi connectivity index (χ0) is 22.7. The number of aliphatic hydroxyl groups excluding tert-OH is 1. The number of nitrogens with zero attached hydrogens (tertiary/aromatic N) is 3. The number of aromatic nitrogens is 3. The first-order chi connectivity index (χ1) is 15.4. The number of carbonyl (C=O) groups excluding carboxylic acids is 1. The SMILES string of the molecule is CC(C)Nc1cc(-n2ccc3cc(F)cnc32)ncc1C(=O)NCC1CCC(CO)CC1. The number of anilines is 1. The molecule has 1 aliphatic rings. The van der Waals surface area contributed by atoms with E-state index in [1.807, 2.05) is 19.9 Å². The van der Waals surface area contributed by atoms with Crippen molar-refractivity contribution in [1.82, 2.24) is 19.9 Å². The monoisotopic (exact) mass is 439 g/mol. The molecule has 0 aliphatic heterocycles. The summed E-state index contributed by atoms with van der Waals surface area (Å²) in [7, 11) is 0. The first-order valence-corrected chi connectivity index (χ1v) is 11.2. The molecular weight excluding hydrogens is 409 g/mol. The van der Waals surface area contributed by atoms with Gasteiger partial charge in [0.05, 0.1) is 17.4 Å². The van der Waals surface area contributed by atoms with Gasteiger partial charge in [0.2, 0.25) is 0 Å². The van der Waals surface area contributed by atoms with Gasteiger partial charge in [0, 0.05) is 43.0 Å². The standard InChI is InChI=1S/C24H30FN5O2/c1-15(2)29-21-10-22(30-8-7-18-9-19(25)12-27-23(18)30)26-13-20(21)24(32)28-11-16-3-5-17(14-31)6-4-16/h7-10,12-13,15-17,31H,3-6,11,14H2,1-2H3,(H,26,29)(H,28,32). The zero-order valence-electron chi connectivity index (χ0n) is 18.5. The maximum atomic E-state index is 13.5. The first-order valence-electron chi connectivity index (χ1n) is 11.2. The molecule has 32 heavy (non-hydrogen) atoms. The lowest BCUT2D eigenvalue weighted by molar-refractivity contribution is 0.0937. The minimum atomic E-state index is -0.387. The number of halogens is 1. The normalized spacial score (nSPS) is 18.8. The van der Waals surface area contributed by atoms with Gasteiger partial charge >= 0.3 is 0 Å². The fourth-order valence-electron chi connectivity index (χ4n) is 4.32. The van der Waals surface area contributed by atoms with Crippen LogP contribution in [0.3, 0.4) is 0 Å². The average molecular weight is 440 g/mol. The molecule has 0 aromatic carbocycles. The van der Waals surface area contributed by atoms with Crippen LogP contribution in [0.15, 0.2) is 36.8 Å². The van der Waals surface area contributed by atoms with E-state index in [1.165, 1.54) is 12.3 Å². The van der Waals surface area contributed by atoms with E-state index in [-0.39, 0.29) is 24.4 Å². The number of pyridine rings is 2. The zero-order valence-corrected chi connectivity index (χ0v) is 18.5. The van der Waals surface area contributed by atoms with Crippen LogP contribution in [0.1, 0.15) is 49.9 Å². The number of nitrogens with one attached hydrogen (secondary N) is 2. The number of carbonyl (C=O) groups is 1. The second kappa shape index (κ2) is 9.65. The predicted octanol–water partition coefficient (Wildman–Crippen LogP) is 3.91. The molecule has 3 heterocycles. The molecule has 4 rings (SSSR count). The van der Waals surface area contributed by atoms with E-state index in [1.54, 1.807) is 23.0 Å². The van der Waals surface area contributed by atoms with Gasteiger partial charge in [0.1, 0.15) is 17.3 Å². The maximum absolute atomic E-state index is 13.5. The smallest absolute Gasteiger partial charge is 0.254 e. The molecule has 1 saturated carbocycles. The molecule has 8 heteroatoms. The molecule has 0 atom stereocenters. The van der Waals surface area contributed by atoms with Gasteiger partial charge in [0.15, 0.2) is 0 Å². The molecule has 3 aromatic rings. The molecule has 7 nitrogen and oxygen atoms in total. The lowest BCUT2D eigenvalue weighted by Crippen LogP contribution is -2.32. The van der Waals surface area contributed by atoms with Crippen LogP contribution >= 0.6 is 0 Å². The van der Waals surface area contributed by atoms with Crippen LogP contribution in [0.5, 0.6) is 0 Å². The Morgan fingerprint density at radius 3 is 2.66 bits per heavy atom. The number of aliphatic hydroxyl groups is 1. The van der Waals surface area contributed by atoms with E-state index < -0.39 is 0 Å². The summed E-state index contributed by atoms with van der Waals surface area (Å²) in [5, 5.41) is 16.4. The number of fused-ring (bicyclic) bond motifs is 1. The Hall–Kier alpha value is -3.00. The molecule has 3 aromatic heterocycles. The number of amides is 1. The van der Waals surface area contributed by atoms with E-state index in [4.69, 9.17) is 0 Å². The van der Waals surface area contributed by atoms with Gasteiger partial charge in [0.25, 0.3) is 5.91 Å². The molecule has 0 saturated heterocycles. The molecule has 0 spiro atoms.